The van der Waals surface area contributed by atoms with E-state index in [2.05, 4.69) is 62.3 Å². The van der Waals surface area contributed by atoms with E-state index in [1.54, 1.807) is 6.07 Å². The highest BCUT2D eigenvalue weighted by Crippen LogP contribution is 2.26. The zero-order chi connectivity index (χ0) is 21.3. The maximum atomic E-state index is 12.6. The summed E-state index contributed by atoms with van der Waals surface area (Å²) in [6.45, 7) is 8.37. The van der Waals surface area contributed by atoms with Crippen molar-refractivity contribution in [1.29, 1.82) is 0 Å². The Bertz CT molecular complexity index is 1180. The van der Waals surface area contributed by atoms with E-state index >= 15 is 0 Å². The summed E-state index contributed by atoms with van der Waals surface area (Å²) in [4.78, 5) is 17.1. The third-order valence-electron chi connectivity index (χ3n) is 5.15. The van der Waals surface area contributed by atoms with E-state index in [0.29, 0.717) is 17.3 Å². The number of amides is 1. The molecule has 0 aliphatic rings. The Kier molecular flexibility index (Phi) is 5.55. The summed E-state index contributed by atoms with van der Waals surface area (Å²) < 4.78 is 5.83. The normalized spacial score (nSPS) is 10.9. The number of aryl methyl sites for hydroxylation is 4. The molecule has 0 saturated carbocycles. The Hall–Kier alpha value is -3.18. The van der Waals surface area contributed by atoms with Gasteiger partial charge in [0.2, 0.25) is 0 Å². The minimum atomic E-state index is -0.289. The lowest BCUT2D eigenvalue weighted by Crippen LogP contribution is -2.10. The summed E-state index contributed by atoms with van der Waals surface area (Å²) in [7, 11) is 0. The van der Waals surface area contributed by atoms with E-state index in [1.165, 1.54) is 39.2 Å². The Labute approximate surface area is 180 Å². The fourth-order valence-corrected chi connectivity index (χ4v) is 4.32. The number of aromatic nitrogens is 1. The zero-order valence-corrected chi connectivity index (χ0v) is 18.4. The van der Waals surface area contributed by atoms with E-state index in [4.69, 9.17) is 4.42 Å². The van der Waals surface area contributed by atoms with Crippen LogP contribution in [0.4, 0.5) is 5.13 Å². The molecule has 4 nitrogen and oxygen atoms in total. The van der Waals surface area contributed by atoms with Crippen LogP contribution < -0.4 is 5.32 Å². The van der Waals surface area contributed by atoms with Gasteiger partial charge in [-0.3, -0.25) is 10.1 Å². The van der Waals surface area contributed by atoms with E-state index in [1.807, 2.05) is 23.6 Å². The summed E-state index contributed by atoms with van der Waals surface area (Å²) in [6.07, 6.45) is 0.667. The van der Waals surface area contributed by atoms with Crippen molar-refractivity contribution in [3.8, 4) is 11.3 Å². The lowest BCUT2D eigenvalue weighted by Gasteiger charge is -2.09. The molecule has 0 radical (unpaired) electrons. The first-order chi connectivity index (χ1) is 14.4. The molecule has 0 fully saturated rings. The van der Waals surface area contributed by atoms with Gasteiger partial charge in [-0.25, -0.2) is 4.98 Å². The van der Waals surface area contributed by atoms with Gasteiger partial charge in [0.05, 0.1) is 5.69 Å². The third-order valence-corrected chi connectivity index (χ3v) is 5.91. The van der Waals surface area contributed by atoms with E-state index in [0.717, 1.165) is 17.0 Å². The van der Waals surface area contributed by atoms with Crippen molar-refractivity contribution in [3.63, 3.8) is 0 Å². The molecule has 2 heterocycles. The molecule has 0 aliphatic heterocycles. The number of anilines is 1. The molecule has 0 atom stereocenters. The number of hydrogen-bond donors (Lipinski definition) is 1. The van der Waals surface area contributed by atoms with Gasteiger partial charge in [-0.05, 0) is 56.5 Å². The topological polar surface area (TPSA) is 55.1 Å². The summed E-state index contributed by atoms with van der Waals surface area (Å²) in [5.41, 5.74) is 8.04. The highest BCUT2D eigenvalue weighted by molar-refractivity contribution is 7.14. The van der Waals surface area contributed by atoms with Gasteiger partial charge in [-0.2, -0.15) is 0 Å². The van der Waals surface area contributed by atoms with Crippen molar-refractivity contribution in [1.82, 2.24) is 4.98 Å². The molecular weight excluding hydrogens is 392 g/mol. The SMILES string of the molecule is Cc1ccc(-c2csc(NC(=O)c3ccc(Cc4c(C)cc(C)cc4C)o3)n2)cc1. The number of nitrogens with zero attached hydrogens (tertiary/aromatic N) is 1. The highest BCUT2D eigenvalue weighted by atomic mass is 32.1. The van der Waals surface area contributed by atoms with Crippen LogP contribution in [0, 0.1) is 27.7 Å². The van der Waals surface area contributed by atoms with Gasteiger partial charge in [0.25, 0.3) is 5.91 Å². The van der Waals surface area contributed by atoms with Crippen molar-refractivity contribution < 1.29 is 9.21 Å². The van der Waals surface area contributed by atoms with Crippen molar-refractivity contribution >= 4 is 22.4 Å². The first-order valence-corrected chi connectivity index (χ1v) is 10.8. The standard InChI is InChI=1S/C25H24N2O2S/c1-15-5-7-19(8-6-15)22-14-30-25(26-22)27-24(28)23-10-9-20(29-23)13-21-17(3)11-16(2)12-18(21)4/h5-12,14H,13H2,1-4H3,(H,26,27,28). The number of carbonyl (C=O) groups excluding carboxylic acids is 1. The first-order valence-electron chi connectivity index (χ1n) is 9.88. The van der Waals surface area contributed by atoms with Gasteiger partial charge >= 0.3 is 0 Å². The molecule has 5 heteroatoms. The third kappa shape index (κ3) is 4.36. The molecular formula is C25H24N2O2S. The zero-order valence-electron chi connectivity index (χ0n) is 17.6. The predicted molar refractivity (Wildman–Crippen MR) is 122 cm³/mol. The molecule has 0 saturated heterocycles. The molecule has 2 aromatic carbocycles. The molecule has 30 heavy (non-hydrogen) atoms. The number of thiazole rings is 1. The molecule has 4 rings (SSSR count). The average molecular weight is 417 g/mol. The summed E-state index contributed by atoms with van der Waals surface area (Å²) >= 11 is 1.40. The molecule has 152 valence electrons. The summed E-state index contributed by atoms with van der Waals surface area (Å²) in [6, 6.07) is 16.1. The van der Waals surface area contributed by atoms with Crippen LogP contribution in [0.25, 0.3) is 11.3 Å². The van der Waals surface area contributed by atoms with Crippen LogP contribution in [-0.4, -0.2) is 10.9 Å². The fraction of sp³-hybridized carbons (Fsp3) is 0.200. The van der Waals surface area contributed by atoms with Crippen molar-refractivity contribution in [2.45, 2.75) is 34.1 Å². The molecule has 0 spiro atoms. The second-order valence-corrected chi connectivity index (χ2v) is 8.54. The van der Waals surface area contributed by atoms with Crippen molar-refractivity contribution in [2.75, 3.05) is 5.32 Å². The van der Waals surface area contributed by atoms with Crippen LogP contribution in [0.15, 0.2) is 58.3 Å². The quantitative estimate of drug-likeness (QED) is 0.405. The van der Waals surface area contributed by atoms with Gasteiger partial charge in [0, 0.05) is 17.4 Å². The van der Waals surface area contributed by atoms with Gasteiger partial charge in [-0.1, -0.05) is 47.5 Å². The maximum Gasteiger partial charge on any atom is 0.293 e. The maximum absolute atomic E-state index is 12.6. The molecule has 0 unspecified atom stereocenters. The van der Waals surface area contributed by atoms with Crippen LogP contribution >= 0.6 is 11.3 Å². The Morgan fingerprint density at radius 2 is 1.67 bits per heavy atom. The number of hydrogen-bond acceptors (Lipinski definition) is 4. The van der Waals surface area contributed by atoms with Gasteiger partial charge in [0.15, 0.2) is 10.9 Å². The lowest BCUT2D eigenvalue weighted by atomic mass is 9.97. The Balaban J connectivity index is 1.45. The average Bonchev–Trinajstić information content (AvgIpc) is 3.35. The lowest BCUT2D eigenvalue weighted by molar-refractivity contribution is 0.0995. The number of furan rings is 1. The number of carbonyl (C=O) groups is 1. The van der Waals surface area contributed by atoms with Gasteiger partial charge < -0.3 is 4.42 Å². The van der Waals surface area contributed by atoms with E-state index in [9.17, 15) is 4.79 Å². The number of benzene rings is 2. The highest BCUT2D eigenvalue weighted by Gasteiger charge is 2.15. The molecule has 1 amide bonds. The van der Waals surface area contributed by atoms with E-state index in [-0.39, 0.29) is 5.91 Å². The largest absolute Gasteiger partial charge is 0.456 e. The van der Waals surface area contributed by atoms with Crippen LogP contribution in [0.3, 0.4) is 0 Å². The van der Waals surface area contributed by atoms with Crippen LogP contribution in [-0.2, 0) is 6.42 Å². The Morgan fingerprint density at radius 1 is 0.967 bits per heavy atom. The smallest absolute Gasteiger partial charge is 0.293 e. The van der Waals surface area contributed by atoms with E-state index < -0.39 is 0 Å². The molecule has 2 aromatic heterocycles. The minimum Gasteiger partial charge on any atom is -0.456 e. The van der Waals surface area contributed by atoms with Gasteiger partial charge in [0.1, 0.15) is 5.76 Å². The predicted octanol–water partition coefficient (Wildman–Crippen LogP) is 6.48. The summed E-state index contributed by atoms with van der Waals surface area (Å²) in [5.74, 6) is 0.776. The van der Waals surface area contributed by atoms with Crippen molar-refractivity contribution in [2.24, 2.45) is 0 Å². The molecule has 0 bridgehead atoms. The molecule has 4 aromatic rings. The van der Waals surface area contributed by atoms with Gasteiger partial charge in [-0.15, -0.1) is 11.3 Å². The van der Waals surface area contributed by atoms with Crippen LogP contribution in [0.1, 0.15) is 44.1 Å². The second-order valence-electron chi connectivity index (χ2n) is 7.68. The molecule has 1 N–H and O–H groups in total. The van der Waals surface area contributed by atoms with Crippen LogP contribution in [0.5, 0.6) is 0 Å². The second kappa shape index (κ2) is 8.28. The number of rotatable bonds is 5. The fourth-order valence-electron chi connectivity index (χ4n) is 3.60. The van der Waals surface area contributed by atoms with Crippen LogP contribution in [0.2, 0.25) is 0 Å². The summed E-state index contributed by atoms with van der Waals surface area (Å²) in [5, 5.41) is 5.34. The first kappa shape index (κ1) is 20.1. The number of nitrogens with one attached hydrogen (secondary N) is 1. The molecule has 0 aliphatic carbocycles. The minimum absolute atomic E-state index is 0.289. The monoisotopic (exact) mass is 416 g/mol. The Morgan fingerprint density at radius 3 is 2.37 bits per heavy atom. The van der Waals surface area contributed by atoms with Crippen molar-refractivity contribution in [3.05, 3.63) is 93.2 Å².